The molecule has 0 aliphatic heterocycles. The Labute approximate surface area is 139 Å². The minimum atomic E-state index is -0.308. The van der Waals surface area contributed by atoms with Crippen molar-refractivity contribution in [2.75, 3.05) is 5.32 Å². The van der Waals surface area contributed by atoms with Gasteiger partial charge in [0.2, 0.25) is 5.91 Å². The lowest BCUT2D eigenvalue weighted by Gasteiger charge is -2.24. The van der Waals surface area contributed by atoms with Crippen molar-refractivity contribution in [3.8, 4) is 0 Å². The maximum absolute atomic E-state index is 12.8. The van der Waals surface area contributed by atoms with Crippen LogP contribution in [0.25, 0.3) is 10.8 Å². The fourth-order valence-corrected chi connectivity index (χ4v) is 3.33. The number of nitrogens with one attached hydrogen (secondary N) is 1. The fraction of sp³-hybridized carbons (Fsp3) is 0.150. The average Bonchev–Trinajstić information content (AvgIpc) is 2.62. The number of carbonyl (C=O) groups is 2. The van der Waals surface area contributed by atoms with Gasteiger partial charge < -0.3 is 5.32 Å². The Morgan fingerprint density at radius 2 is 1.83 bits per heavy atom. The highest BCUT2D eigenvalue weighted by atomic mass is 16.2. The first-order valence-corrected chi connectivity index (χ1v) is 8.00. The molecule has 4 rings (SSSR count). The van der Waals surface area contributed by atoms with Crippen molar-refractivity contribution in [1.82, 2.24) is 4.98 Å². The summed E-state index contributed by atoms with van der Waals surface area (Å²) >= 11 is 0. The third kappa shape index (κ3) is 2.46. The Morgan fingerprint density at radius 1 is 1.04 bits per heavy atom. The van der Waals surface area contributed by atoms with Crippen molar-refractivity contribution in [2.45, 2.75) is 18.8 Å². The Bertz CT molecular complexity index is 944. The fourth-order valence-electron chi connectivity index (χ4n) is 3.33. The van der Waals surface area contributed by atoms with E-state index in [4.69, 9.17) is 0 Å². The summed E-state index contributed by atoms with van der Waals surface area (Å²) in [7, 11) is 0. The maximum atomic E-state index is 12.8. The SMILES string of the molecule is O=C1CCC(C(=O)Nc2cncc3ccccc23)c2ccccc21. The van der Waals surface area contributed by atoms with E-state index < -0.39 is 0 Å². The smallest absolute Gasteiger partial charge is 0.232 e. The molecule has 1 N–H and O–H groups in total. The molecule has 4 heteroatoms. The van der Waals surface area contributed by atoms with Crippen molar-refractivity contribution >= 4 is 28.2 Å². The van der Waals surface area contributed by atoms with E-state index in [-0.39, 0.29) is 17.6 Å². The minimum Gasteiger partial charge on any atom is -0.324 e. The number of hydrogen-bond acceptors (Lipinski definition) is 3. The highest BCUT2D eigenvalue weighted by Crippen LogP contribution is 2.33. The number of pyridine rings is 1. The van der Waals surface area contributed by atoms with Gasteiger partial charge in [-0.1, -0.05) is 48.5 Å². The molecule has 118 valence electrons. The minimum absolute atomic E-state index is 0.0897. The van der Waals surface area contributed by atoms with Crippen molar-refractivity contribution in [3.05, 3.63) is 72.1 Å². The van der Waals surface area contributed by atoms with Crippen molar-refractivity contribution in [2.24, 2.45) is 0 Å². The molecule has 24 heavy (non-hydrogen) atoms. The molecule has 0 saturated carbocycles. The third-order valence-electron chi connectivity index (χ3n) is 4.54. The molecule has 0 saturated heterocycles. The lowest BCUT2D eigenvalue weighted by molar-refractivity contribution is -0.117. The molecular formula is C20H16N2O2. The molecule has 2 aromatic carbocycles. The Balaban J connectivity index is 1.68. The predicted octanol–water partition coefficient (Wildman–Crippen LogP) is 3.93. The van der Waals surface area contributed by atoms with E-state index >= 15 is 0 Å². The molecule has 1 heterocycles. The Hall–Kier alpha value is -3.01. The van der Waals surface area contributed by atoms with E-state index in [9.17, 15) is 9.59 Å². The number of nitrogens with zero attached hydrogens (tertiary/aromatic N) is 1. The van der Waals surface area contributed by atoms with E-state index in [2.05, 4.69) is 10.3 Å². The van der Waals surface area contributed by atoms with E-state index in [0.29, 0.717) is 24.1 Å². The molecular weight excluding hydrogens is 300 g/mol. The van der Waals surface area contributed by atoms with Gasteiger partial charge >= 0.3 is 0 Å². The monoisotopic (exact) mass is 316 g/mol. The summed E-state index contributed by atoms with van der Waals surface area (Å²) in [4.78, 5) is 29.1. The number of carbonyl (C=O) groups excluding carboxylic acids is 2. The van der Waals surface area contributed by atoms with Gasteiger partial charge in [0.05, 0.1) is 17.8 Å². The van der Waals surface area contributed by atoms with E-state index in [0.717, 1.165) is 16.3 Å². The second kappa shape index (κ2) is 5.89. The lowest BCUT2D eigenvalue weighted by atomic mass is 9.81. The molecule has 3 aromatic rings. The van der Waals surface area contributed by atoms with Crippen LogP contribution in [0.5, 0.6) is 0 Å². The van der Waals surface area contributed by atoms with Crippen LogP contribution in [0.1, 0.15) is 34.7 Å². The third-order valence-corrected chi connectivity index (χ3v) is 4.54. The molecule has 1 aliphatic carbocycles. The first-order chi connectivity index (χ1) is 11.7. The van der Waals surface area contributed by atoms with E-state index in [1.807, 2.05) is 42.5 Å². The molecule has 1 atom stereocenters. The zero-order valence-electron chi connectivity index (χ0n) is 13.0. The number of anilines is 1. The first kappa shape index (κ1) is 14.6. The van der Waals surface area contributed by atoms with Crippen LogP contribution in [0.3, 0.4) is 0 Å². The van der Waals surface area contributed by atoms with Crippen LogP contribution in [-0.4, -0.2) is 16.7 Å². The number of Topliss-reactive ketones (excluding diaryl/α,β-unsaturated/α-hetero) is 1. The molecule has 1 aliphatic rings. The van der Waals surface area contributed by atoms with Gasteiger partial charge in [0.25, 0.3) is 0 Å². The standard InChI is InChI=1S/C20H16N2O2/c23-19-10-9-17(15-7-3-4-8-16(15)19)20(24)22-18-12-21-11-13-5-1-2-6-14(13)18/h1-8,11-12,17H,9-10H2,(H,22,24). The number of benzene rings is 2. The molecule has 0 bridgehead atoms. The van der Waals surface area contributed by atoms with Crippen LogP contribution in [0.2, 0.25) is 0 Å². The second-order valence-electron chi connectivity index (χ2n) is 6.00. The van der Waals surface area contributed by atoms with Gasteiger partial charge in [-0.15, -0.1) is 0 Å². The van der Waals surface area contributed by atoms with Crippen LogP contribution >= 0.6 is 0 Å². The number of fused-ring (bicyclic) bond motifs is 2. The Kier molecular flexibility index (Phi) is 3.58. The highest BCUT2D eigenvalue weighted by molar-refractivity contribution is 6.07. The Morgan fingerprint density at radius 3 is 2.75 bits per heavy atom. The van der Waals surface area contributed by atoms with Crippen molar-refractivity contribution in [3.63, 3.8) is 0 Å². The maximum Gasteiger partial charge on any atom is 0.232 e. The largest absolute Gasteiger partial charge is 0.324 e. The van der Waals surface area contributed by atoms with Crippen LogP contribution < -0.4 is 5.32 Å². The van der Waals surface area contributed by atoms with Crippen LogP contribution in [0, 0.1) is 0 Å². The van der Waals surface area contributed by atoms with Crippen LogP contribution in [-0.2, 0) is 4.79 Å². The quantitative estimate of drug-likeness (QED) is 0.779. The van der Waals surface area contributed by atoms with Gasteiger partial charge in [0.15, 0.2) is 5.78 Å². The second-order valence-corrected chi connectivity index (χ2v) is 6.00. The van der Waals surface area contributed by atoms with Crippen LogP contribution in [0.4, 0.5) is 5.69 Å². The molecule has 0 fully saturated rings. The molecule has 1 amide bonds. The summed E-state index contributed by atoms with van der Waals surface area (Å²) < 4.78 is 0. The molecule has 0 radical (unpaired) electrons. The van der Waals surface area contributed by atoms with E-state index in [1.165, 1.54) is 0 Å². The first-order valence-electron chi connectivity index (χ1n) is 8.00. The zero-order valence-corrected chi connectivity index (χ0v) is 13.0. The summed E-state index contributed by atoms with van der Waals surface area (Å²) in [5, 5.41) is 4.94. The molecule has 1 unspecified atom stereocenters. The number of ketones is 1. The molecule has 0 spiro atoms. The summed E-state index contributed by atoms with van der Waals surface area (Å²) in [6, 6.07) is 15.2. The predicted molar refractivity (Wildman–Crippen MR) is 93.1 cm³/mol. The highest BCUT2D eigenvalue weighted by Gasteiger charge is 2.30. The summed E-state index contributed by atoms with van der Waals surface area (Å²) in [6.07, 6.45) is 4.39. The van der Waals surface area contributed by atoms with Gasteiger partial charge in [-0.25, -0.2) is 0 Å². The number of rotatable bonds is 2. The van der Waals surface area contributed by atoms with E-state index in [1.54, 1.807) is 18.5 Å². The molecule has 1 aromatic heterocycles. The summed E-state index contributed by atoms with van der Waals surface area (Å²) in [5.41, 5.74) is 2.19. The summed E-state index contributed by atoms with van der Waals surface area (Å²) in [5.74, 6) is -0.285. The topological polar surface area (TPSA) is 59.1 Å². The number of aromatic nitrogens is 1. The number of hydrogen-bond donors (Lipinski definition) is 1. The zero-order chi connectivity index (χ0) is 16.5. The van der Waals surface area contributed by atoms with Gasteiger partial charge in [0.1, 0.15) is 0 Å². The average molecular weight is 316 g/mol. The van der Waals surface area contributed by atoms with Gasteiger partial charge in [-0.2, -0.15) is 0 Å². The van der Waals surface area contributed by atoms with Crippen molar-refractivity contribution < 1.29 is 9.59 Å². The number of amides is 1. The van der Waals surface area contributed by atoms with Crippen molar-refractivity contribution in [1.29, 1.82) is 0 Å². The molecule has 4 nitrogen and oxygen atoms in total. The van der Waals surface area contributed by atoms with Crippen LogP contribution in [0.15, 0.2) is 60.9 Å². The van der Waals surface area contributed by atoms with Gasteiger partial charge in [-0.05, 0) is 12.0 Å². The van der Waals surface area contributed by atoms with Gasteiger partial charge in [-0.3, -0.25) is 14.6 Å². The van der Waals surface area contributed by atoms with Gasteiger partial charge in [0, 0.05) is 29.0 Å². The normalized spacial score (nSPS) is 16.7. The lowest BCUT2D eigenvalue weighted by Crippen LogP contribution is -2.27. The summed E-state index contributed by atoms with van der Waals surface area (Å²) in [6.45, 7) is 0.